The third-order valence-electron chi connectivity index (χ3n) is 3.58. The first-order chi connectivity index (χ1) is 9.24. The molecule has 1 aliphatic rings. The maximum atomic E-state index is 11.9. The number of anilines is 2. The smallest absolute Gasteiger partial charge is 0.319 e. The Morgan fingerprint density at radius 1 is 1.11 bits per heavy atom. The van der Waals surface area contributed by atoms with Gasteiger partial charge < -0.3 is 16.4 Å². The van der Waals surface area contributed by atoms with Gasteiger partial charge in [0.2, 0.25) is 0 Å². The third-order valence-corrected chi connectivity index (χ3v) is 3.58. The molecule has 4 N–H and O–H groups in total. The predicted molar refractivity (Wildman–Crippen MR) is 79.1 cm³/mol. The standard InChI is InChI=1S/C15H23N3O/c16-12-7-6-10-14(11-12)18-15(19)17-13-8-4-2-1-3-5-9-13/h6-7,10-11,13H,1-5,8-9,16H2,(H2,17,18,19). The second-order valence-electron chi connectivity index (χ2n) is 5.27. The minimum absolute atomic E-state index is 0.129. The zero-order valence-electron chi connectivity index (χ0n) is 11.3. The van der Waals surface area contributed by atoms with E-state index in [9.17, 15) is 4.79 Å². The van der Waals surface area contributed by atoms with Gasteiger partial charge in [-0.2, -0.15) is 0 Å². The fourth-order valence-electron chi connectivity index (χ4n) is 2.57. The van der Waals surface area contributed by atoms with E-state index >= 15 is 0 Å². The maximum Gasteiger partial charge on any atom is 0.319 e. The Morgan fingerprint density at radius 2 is 1.79 bits per heavy atom. The van der Waals surface area contributed by atoms with Gasteiger partial charge in [-0.25, -0.2) is 4.79 Å². The fourth-order valence-corrected chi connectivity index (χ4v) is 2.57. The number of nitrogens with two attached hydrogens (primary N) is 1. The van der Waals surface area contributed by atoms with Crippen LogP contribution >= 0.6 is 0 Å². The lowest BCUT2D eigenvalue weighted by Gasteiger charge is -2.21. The Morgan fingerprint density at radius 3 is 2.47 bits per heavy atom. The van der Waals surface area contributed by atoms with Crippen molar-refractivity contribution in [1.29, 1.82) is 0 Å². The molecule has 2 rings (SSSR count). The molecule has 0 aliphatic heterocycles. The number of benzene rings is 1. The number of urea groups is 1. The topological polar surface area (TPSA) is 67.1 Å². The van der Waals surface area contributed by atoms with E-state index in [-0.39, 0.29) is 6.03 Å². The lowest BCUT2D eigenvalue weighted by atomic mass is 9.97. The Kier molecular flexibility index (Phi) is 5.07. The number of carbonyl (C=O) groups is 1. The van der Waals surface area contributed by atoms with Gasteiger partial charge in [0.05, 0.1) is 0 Å². The molecule has 1 fully saturated rings. The summed E-state index contributed by atoms with van der Waals surface area (Å²) in [6, 6.07) is 7.42. The second kappa shape index (κ2) is 7.02. The van der Waals surface area contributed by atoms with Crippen LogP contribution in [0.25, 0.3) is 0 Å². The zero-order valence-corrected chi connectivity index (χ0v) is 11.3. The van der Waals surface area contributed by atoms with E-state index in [1.165, 1.54) is 32.1 Å². The number of nitrogens with one attached hydrogen (secondary N) is 2. The van der Waals surface area contributed by atoms with Gasteiger partial charge in [0.1, 0.15) is 0 Å². The molecule has 1 aromatic carbocycles. The van der Waals surface area contributed by atoms with Crippen molar-refractivity contribution in [2.45, 2.75) is 51.0 Å². The molecule has 0 unspecified atom stereocenters. The van der Waals surface area contributed by atoms with Gasteiger partial charge in [-0.3, -0.25) is 0 Å². The predicted octanol–water partition coefficient (Wildman–Crippen LogP) is 3.50. The molecule has 4 heteroatoms. The summed E-state index contributed by atoms with van der Waals surface area (Å²) in [6.45, 7) is 0. The first kappa shape index (κ1) is 13.7. The minimum atomic E-state index is -0.129. The number of hydrogen-bond acceptors (Lipinski definition) is 2. The van der Waals surface area contributed by atoms with E-state index in [1.807, 2.05) is 12.1 Å². The highest BCUT2D eigenvalue weighted by atomic mass is 16.2. The van der Waals surface area contributed by atoms with Gasteiger partial charge in [0, 0.05) is 17.4 Å². The zero-order chi connectivity index (χ0) is 13.5. The van der Waals surface area contributed by atoms with Crippen LogP contribution in [0.15, 0.2) is 24.3 Å². The summed E-state index contributed by atoms with van der Waals surface area (Å²) in [5.41, 5.74) is 7.08. The Balaban J connectivity index is 1.82. The van der Waals surface area contributed by atoms with Crippen LogP contribution in [0.5, 0.6) is 0 Å². The summed E-state index contributed by atoms with van der Waals surface area (Å²) in [5.74, 6) is 0. The first-order valence-electron chi connectivity index (χ1n) is 7.17. The van der Waals surface area contributed by atoms with Gasteiger partial charge >= 0.3 is 6.03 Å². The number of nitrogen functional groups attached to an aromatic ring is 1. The van der Waals surface area contributed by atoms with E-state index in [0.717, 1.165) is 18.5 Å². The third kappa shape index (κ3) is 4.81. The molecule has 4 nitrogen and oxygen atoms in total. The highest BCUT2D eigenvalue weighted by molar-refractivity contribution is 5.89. The number of carbonyl (C=O) groups excluding carboxylic acids is 1. The number of rotatable bonds is 2. The average Bonchev–Trinajstić information content (AvgIpc) is 2.32. The highest BCUT2D eigenvalue weighted by Crippen LogP contribution is 2.17. The maximum absolute atomic E-state index is 11.9. The lowest BCUT2D eigenvalue weighted by molar-refractivity contribution is 0.245. The van der Waals surface area contributed by atoms with Crippen LogP contribution in [0.3, 0.4) is 0 Å². The molecule has 0 radical (unpaired) electrons. The summed E-state index contributed by atoms with van der Waals surface area (Å²) in [4.78, 5) is 11.9. The summed E-state index contributed by atoms with van der Waals surface area (Å²) in [5, 5.41) is 5.90. The van der Waals surface area contributed by atoms with E-state index in [0.29, 0.717) is 11.7 Å². The van der Waals surface area contributed by atoms with Crippen LogP contribution in [-0.2, 0) is 0 Å². The normalized spacial score (nSPS) is 17.3. The van der Waals surface area contributed by atoms with Gasteiger partial charge in [0.25, 0.3) is 0 Å². The van der Waals surface area contributed by atoms with Crippen LogP contribution in [0, 0.1) is 0 Å². The minimum Gasteiger partial charge on any atom is -0.399 e. The number of hydrogen-bond donors (Lipinski definition) is 3. The molecule has 0 aromatic heterocycles. The molecule has 1 aromatic rings. The van der Waals surface area contributed by atoms with Gasteiger partial charge in [-0.1, -0.05) is 38.2 Å². The second-order valence-corrected chi connectivity index (χ2v) is 5.27. The van der Waals surface area contributed by atoms with Crippen LogP contribution in [0.4, 0.5) is 16.2 Å². The molecule has 19 heavy (non-hydrogen) atoms. The molecule has 1 saturated carbocycles. The Bertz CT molecular complexity index is 412. The monoisotopic (exact) mass is 261 g/mol. The lowest BCUT2D eigenvalue weighted by Crippen LogP contribution is -2.38. The molecule has 2 amide bonds. The largest absolute Gasteiger partial charge is 0.399 e. The average molecular weight is 261 g/mol. The van der Waals surface area contributed by atoms with Crippen molar-refractivity contribution in [2.24, 2.45) is 0 Å². The van der Waals surface area contributed by atoms with Crippen LogP contribution in [0.1, 0.15) is 44.9 Å². The van der Waals surface area contributed by atoms with Gasteiger partial charge in [-0.05, 0) is 31.0 Å². The van der Waals surface area contributed by atoms with Crippen molar-refractivity contribution in [1.82, 2.24) is 5.32 Å². The van der Waals surface area contributed by atoms with Crippen molar-refractivity contribution in [3.05, 3.63) is 24.3 Å². The highest BCUT2D eigenvalue weighted by Gasteiger charge is 2.13. The molecule has 0 saturated heterocycles. The molecular formula is C15H23N3O. The molecule has 1 aliphatic carbocycles. The van der Waals surface area contributed by atoms with Crippen molar-refractivity contribution < 1.29 is 4.79 Å². The molecule has 0 heterocycles. The van der Waals surface area contributed by atoms with Gasteiger partial charge in [-0.15, -0.1) is 0 Å². The van der Waals surface area contributed by atoms with Crippen molar-refractivity contribution in [3.8, 4) is 0 Å². The van der Waals surface area contributed by atoms with Gasteiger partial charge in [0.15, 0.2) is 0 Å². The Hall–Kier alpha value is -1.71. The molecule has 0 atom stereocenters. The van der Waals surface area contributed by atoms with Crippen LogP contribution in [0.2, 0.25) is 0 Å². The fraction of sp³-hybridized carbons (Fsp3) is 0.533. The summed E-state index contributed by atoms with van der Waals surface area (Å²) in [7, 11) is 0. The molecular weight excluding hydrogens is 238 g/mol. The molecule has 0 bridgehead atoms. The van der Waals surface area contributed by atoms with E-state index in [2.05, 4.69) is 10.6 Å². The summed E-state index contributed by atoms with van der Waals surface area (Å²) >= 11 is 0. The van der Waals surface area contributed by atoms with E-state index < -0.39 is 0 Å². The van der Waals surface area contributed by atoms with Crippen molar-refractivity contribution in [3.63, 3.8) is 0 Å². The van der Waals surface area contributed by atoms with Crippen molar-refractivity contribution in [2.75, 3.05) is 11.1 Å². The SMILES string of the molecule is Nc1cccc(NC(=O)NC2CCCCCCC2)c1. The number of amides is 2. The summed E-state index contributed by atoms with van der Waals surface area (Å²) < 4.78 is 0. The van der Waals surface area contributed by atoms with Crippen LogP contribution < -0.4 is 16.4 Å². The summed E-state index contributed by atoms with van der Waals surface area (Å²) in [6.07, 6.45) is 8.51. The van der Waals surface area contributed by atoms with Crippen LogP contribution in [-0.4, -0.2) is 12.1 Å². The van der Waals surface area contributed by atoms with Crippen molar-refractivity contribution >= 4 is 17.4 Å². The Labute approximate surface area is 114 Å². The molecule has 0 spiro atoms. The quantitative estimate of drug-likeness (QED) is 0.713. The van der Waals surface area contributed by atoms with E-state index in [1.54, 1.807) is 12.1 Å². The first-order valence-corrected chi connectivity index (χ1v) is 7.17. The molecule has 104 valence electrons. The van der Waals surface area contributed by atoms with E-state index in [4.69, 9.17) is 5.73 Å².